The van der Waals surface area contributed by atoms with Crippen molar-refractivity contribution in [3.05, 3.63) is 101 Å². The summed E-state index contributed by atoms with van der Waals surface area (Å²) in [5, 5.41) is 0. The first kappa shape index (κ1) is 28.7. The van der Waals surface area contributed by atoms with Crippen molar-refractivity contribution in [3.63, 3.8) is 0 Å². The average molecular weight is 714 g/mol. The molecule has 0 saturated heterocycles. The third kappa shape index (κ3) is 5.12. The first-order valence-electron chi connectivity index (χ1n) is 13.1. The maximum atomic E-state index is 2.75. The smallest absolute Gasteiger partial charge is 0.147 e. The molecule has 0 spiro atoms. The normalized spacial score (nSPS) is 20.7. The van der Waals surface area contributed by atoms with Crippen LogP contribution in [0, 0.1) is 11.8 Å². The van der Waals surface area contributed by atoms with Gasteiger partial charge in [-0.3, -0.25) is 0 Å². The predicted octanol–water partition coefficient (Wildman–Crippen LogP) is 8.88. The molecular formula is C32H43ClGeHf. The molecule has 0 N–H and O–H groups in total. The Morgan fingerprint density at radius 3 is 1.43 bits per heavy atom. The molecule has 186 valence electrons. The van der Waals surface area contributed by atoms with Crippen LogP contribution in [-0.2, 0) is 28.2 Å². The molecule has 2 atom stereocenters. The van der Waals surface area contributed by atoms with E-state index in [1.807, 2.05) is 6.66 Å². The van der Waals surface area contributed by atoms with E-state index in [4.69, 9.17) is 0 Å². The van der Waals surface area contributed by atoms with Crippen LogP contribution < -0.4 is 0 Å². The summed E-state index contributed by atoms with van der Waals surface area (Å²) in [7, 11) is 0. The minimum absolute atomic E-state index is 0. The third-order valence-corrected chi connectivity index (χ3v) is 39.8. The van der Waals surface area contributed by atoms with Crippen LogP contribution in [0.15, 0.2) is 78.5 Å². The Morgan fingerprint density at radius 1 is 0.714 bits per heavy atom. The van der Waals surface area contributed by atoms with Gasteiger partial charge in [-0.05, 0) is 0 Å². The maximum absolute atomic E-state index is 3.47. The minimum Gasteiger partial charge on any atom is -0.147 e. The Kier molecular flexibility index (Phi) is 8.57. The van der Waals surface area contributed by atoms with Gasteiger partial charge in [0.25, 0.3) is 0 Å². The second-order valence-electron chi connectivity index (χ2n) is 11.6. The van der Waals surface area contributed by atoms with Gasteiger partial charge in [-0.15, -0.1) is 12.4 Å². The van der Waals surface area contributed by atoms with Crippen molar-refractivity contribution in [2.75, 3.05) is 0 Å². The largest absolute Gasteiger partial charge is 0.147 e. The van der Waals surface area contributed by atoms with E-state index in [2.05, 4.69) is 112 Å². The van der Waals surface area contributed by atoms with Gasteiger partial charge in [0.2, 0.25) is 0 Å². The third-order valence-electron chi connectivity index (χ3n) is 8.38. The Morgan fingerprint density at radius 2 is 1.09 bits per heavy atom. The van der Waals surface area contributed by atoms with E-state index in [0.717, 1.165) is 12.8 Å². The fourth-order valence-electron chi connectivity index (χ4n) is 7.24. The second-order valence-corrected chi connectivity index (χ2v) is 71.2. The van der Waals surface area contributed by atoms with E-state index in [-0.39, 0.29) is 12.4 Å². The average Bonchev–Trinajstić information content (AvgIpc) is 3.29. The number of aryl methyl sites for hydroxylation is 2. The Labute approximate surface area is 225 Å². The van der Waals surface area contributed by atoms with Crippen molar-refractivity contribution >= 4 is 35.8 Å². The van der Waals surface area contributed by atoms with Crippen LogP contribution in [0.1, 0.15) is 63.8 Å². The standard InChI is InChI=1S/2C15H17.2CH3.ClH.GeH2.Hf/c2*1-4-13-6-5-7-14(10-13)15-9-11(2)8-12(15)3;;;;;/h2*5-7,9-11H,4H2,1-3H3;2*1H3;1H;1H2;. The summed E-state index contributed by atoms with van der Waals surface area (Å²) in [6.45, 7) is 14.3. The number of benzene rings is 2. The van der Waals surface area contributed by atoms with Crippen molar-refractivity contribution in [1.82, 2.24) is 0 Å². The first-order chi connectivity index (χ1) is 16.0. The van der Waals surface area contributed by atoms with Crippen molar-refractivity contribution < 1.29 is 15.4 Å². The van der Waals surface area contributed by atoms with Crippen molar-refractivity contribution in [2.24, 2.45) is 11.8 Å². The topological polar surface area (TPSA) is 0 Å². The van der Waals surface area contributed by atoms with E-state index in [1.165, 1.54) is 45.6 Å². The summed E-state index contributed by atoms with van der Waals surface area (Å²) < 4.78 is 9.18. The summed E-state index contributed by atoms with van der Waals surface area (Å²) in [5.74, 6) is 1.08. The zero-order valence-corrected chi connectivity index (χ0v) is 30.3. The molecule has 0 heterocycles. The van der Waals surface area contributed by atoms with E-state index in [0.29, 0.717) is 11.8 Å². The molecule has 35 heavy (non-hydrogen) atoms. The molecule has 0 nitrogen and oxygen atoms in total. The molecule has 0 radical (unpaired) electrons. The van der Waals surface area contributed by atoms with Gasteiger partial charge in [-0.2, -0.15) is 0 Å². The molecule has 2 aromatic rings. The van der Waals surface area contributed by atoms with E-state index >= 15 is 0 Å². The Bertz CT molecular complexity index is 1250. The molecule has 0 fully saturated rings. The second kappa shape index (κ2) is 10.5. The van der Waals surface area contributed by atoms with Gasteiger partial charge in [0.15, 0.2) is 0 Å². The molecule has 0 aromatic heterocycles. The molecule has 0 bridgehead atoms. The number of rotatable bonds is 6. The van der Waals surface area contributed by atoms with Gasteiger partial charge in [-0.1, -0.05) is 0 Å². The van der Waals surface area contributed by atoms with Gasteiger partial charge in [0.1, 0.15) is 0 Å². The maximum Gasteiger partial charge on any atom is -0.147 e. The summed E-state index contributed by atoms with van der Waals surface area (Å²) in [4.78, 5) is 0. The van der Waals surface area contributed by atoms with Gasteiger partial charge in [0.05, 0.1) is 0 Å². The number of allylic oxidation sites excluding steroid dienone is 8. The first-order valence-corrected chi connectivity index (χ1v) is 38.6. The Hall–Kier alpha value is -0.897. The van der Waals surface area contributed by atoms with E-state index in [9.17, 15) is 0 Å². The van der Waals surface area contributed by atoms with Crippen LogP contribution in [0.2, 0.25) is 9.36 Å². The van der Waals surface area contributed by atoms with Crippen molar-refractivity contribution in [3.8, 4) is 0 Å². The van der Waals surface area contributed by atoms with Crippen LogP contribution in [-0.4, -0.2) is 12.2 Å². The SMILES string of the molecule is CCc1cccc(C2=CC(C)[C]([Hf]([CH3])([CH3])(=[GeH2])[C]3=C(C)C(c4cccc(CC)c4)=CC3C)=C2C)c1.Cl. The van der Waals surface area contributed by atoms with Gasteiger partial charge >= 0.3 is 215 Å². The summed E-state index contributed by atoms with van der Waals surface area (Å²) in [6, 6.07) is 18.4. The molecule has 2 aliphatic rings. The van der Waals surface area contributed by atoms with Crippen LogP contribution in [0.4, 0.5) is 0 Å². The molecule has 3 heteroatoms. The molecule has 2 aromatic carbocycles. The molecule has 0 saturated carbocycles. The van der Waals surface area contributed by atoms with E-state index < -0.39 is 15.4 Å². The number of hydrogen-bond acceptors (Lipinski definition) is 0. The molecule has 0 amide bonds. The zero-order chi connectivity index (χ0) is 24.9. The molecule has 2 unspecified atom stereocenters. The van der Waals surface area contributed by atoms with E-state index in [1.54, 1.807) is 11.1 Å². The van der Waals surface area contributed by atoms with Gasteiger partial charge in [-0.25, -0.2) is 0 Å². The molecule has 0 aliphatic heterocycles. The molecule has 4 rings (SSSR count). The predicted molar refractivity (Wildman–Crippen MR) is 159 cm³/mol. The van der Waals surface area contributed by atoms with Crippen molar-refractivity contribution in [1.29, 1.82) is 0 Å². The Balaban J connectivity index is 0.00000342. The summed E-state index contributed by atoms with van der Waals surface area (Å²) in [6.07, 6.45) is 7.34. The van der Waals surface area contributed by atoms with Gasteiger partial charge in [0, 0.05) is 0 Å². The summed E-state index contributed by atoms with van der Waals surface area (Å²) >= 11 is -2.04. The van der Waals surface area contributed by atoms with Crippen LogP contribution in [0.25, 0.3) is 11.1 Å². The fourth-order valence-corrected chi connectivity index (χ4v) is 49.2. The summed E-state index contributed by atoms with van der Waals surface area (Å²) in [5.41, 5.74) is 11.8. The number of hydrogen-bond donors (Lipinski definition) is 0. The zero-order valence-electron chi connectivity index (χ0n) is 23.0. The number of halogens is 1. The van der Waals surface area contributed by atoms with Crippen LogP contribution >= 0.6 is 12.4 Å². The van der Waals surface area contributed by atoms with Crippen LogP contribution in [0.5, 0.6) is 0 Å². The molecular weight excluding hydrogens is 671 g/mol. The monoisotopic (exact) mass is 716 g/mol. The molecule has 2 aliphatic carbocycles. The minimum atomic E-state index is -3.47. The van der Waals surface area contributed by atoms with Crippen molar-refractivity contribution in [2.45, 2.75) is 63.7 Å². The van der Waals surface area contributed by atoms with Crippen LogP contribution in [0.3, 0.4) is 0 Å². The van der Waals surface area contributed by atoms with Gasteiger partial charge < -0.3 is 0 Å². The quantitative estimate of drug-likeness (QED) is 0.263. The fraction of sp³-hybridized carbons (Fsp3) is 0.375.